The first-order valence-electron chi connectivity index (χ1n) is 9.06. The van der Waals surface area contributed by atoms with Crippen LogP contribution < -0.4 is 14.8 Å². The van der Waals surface area contributed by atoms with Gasteiger partial charge in [-0.25, -0.2) is 0 Å². The first-order chi connectivity index (χ1) is 13.7. The van der Waals surface area contributed by atoms with Crippen LogP contribution in [0, 0.1) is 13.8 Å². The van der Waals surface area contributed by atoms with Gasteiger partial charge in [0.2, 0.25) is 11.8 Å². The topological polar surface area (TPSA) is 93.9 Å². The van der Waals surface area contributed by atoms with E-state index in [2.05, 4.69) is 10.5 Å². The molecular formula is C20H27N3O5S. The molecule has 0 spiro atoms. The van der Waals surface area contributed by atoms with E-state index in [1.807, 2.05) is 19.1 Å². The predicted octanol–water partition coefficient (Wildman–Crippen LogP) is 3.03. The Morgan fingerprint density at radius 1 is 1.21 bits per heavy atom. The van der Waals surface area contributed by atoms with E-state index in [0.717, 1.165) is 11.1 Å². The molecule has 1 N–H and O–H groups in total. The van der Waals surface area contributed by atoms with E-state index in [0.29, 0.717) is 29.6 Å². The average molecular weight is 422 g/mol. The molecule has 2 aromatic rings. The minimum absolute atomic E-state index is 0.0684. The highest BCUT2D eigenvalue weighted by molar-refractivity contribution is 8.01. The van der Waals surface area contributed by atoms with Crippen LogP contribution in [0.4, 0.5) is 5.82 Å². The minimum atomic E-state index is -0.410. The zero-order chi connectivity index (χ0) is 21.6. The summed E-state index contributed by atoms with van der Waals surface area (Å²) in [5.41, 5.74) is 1.97. The summed E-state index contributed by atoms with van der Waals surface area (Å²) in [7, 11) is 4.90. The zero-order valence-corrected chi connectivity index (χ0v) is 18.4. The molecule has 0 radical (unpaired) electrons. The Morgan fingerprint density at radius 2 is 1.86 bits per heavy atom. The van der Waals surface area contributed by atoms with Crippen LogP contribution in [0.2, 0.25) is 0 Å². The Morgan fingerprint density at radius 3 is 2.45 bits per heavy atom. The first kappa shape index (κ1) is 22.6. The summed E-state index contributed by atoms with van der Waals surface area (Å²) in [6.07, 6.45) is 0. The third-order valence-electron chi connectivity index (χ3n) is 4.38. The molecule has 158 valence electrons. The number of benzene rings is 1. The lowest BCUT2D eigenvalue weighted by Gasteiger charge is -2.20. The number of rotatable bonds is 9. The van der Waals surface area contributed by atoms with Gasteiger partial charge in [0.25, 0.3) is 0 Å². The Hall–Kier alpha value is -2.68. The Labute approximate surface area is 174 Å². The van der Waals surface area contributed by atoms with Crippen molar-refractivity contribution in [1.29, 1.82) is 0 Å². The molecular weight excluding hydrogens is 394 g/mol. The standard InChI is InChI=1S/C20H27N3O5S/c1-12-7-16(26-5)17(27-6)9-15(12)10-23(4)19(24)11-29-14(3)20(25)21-18-8-13(2)28-22-18/h7-9,14H,10-11H2,1-6H3,(H,21,22,25)/t14-/m0/s1. The van der Waals surface area contributed by atoms with Crippen LogP contribution in [0.1, 0.15) is 23.8 Å². The number of nitrogens with one attached hydrogen (secondary N) is 1. The Balaban J connectivity index is 1.89. The molecule has 2 amide bonds. The van der Waals surface area contributed by atoms with Crippen LogP contribution in [0.25, 0.3) is 0 Å². The lowest BCUT2D eigenvalue weighted by Crippen LogP contribution is -2.30. The molecule has 29 heavy (non-hydrogen) atoms. The van der Waals surface area contributed by atoms with Crippen LogP contribution in [0.15, 0.2) is 22.7 Å². The Bertz CT molecular complexity index is 868. The summed E-state index contributed by atoms with van der Waals surface area (Å²) < 4.78 is 15.6. The number of hydrogen-bond acceptors (Lipinski definition) is 7. The van der Waals surface area contributed by atoms with E-state index in [-0.39, 0.29) is 17.6 Å². The number of carbonyl (C=O) groups excluding carboxylic acids is 2. The molecule has 0 fully saturated rings. The molecule has 0 saturated heterocycles. The van der Waals surface area contributed by atoms with Crippen molar-refractivity contribution in [1.82, 2.24) is 10.1 Å². The van der Waals surface area contributed by atoms with E-state index in [1.165, 1.54) is 11.8 Å². The number of carbonyl (C=O) groups is 2. The van der Waals surface area contributed by atoms with Crippen LogP contribution in [0.3, 0.4) is 0 Å². The van der Waals surface area contributed by atoms with Crippen LogP contribution in [-0.4, -0.2) is 54.1 Å². The second kappa shape index (κ2) is 10.2. The smallest absolute Gasteiger partial charge is 0.238 e. The van der Waals surface area contributed by atoms with Crippen molar-refractivity contribution < 1.29 is 23.6 Å². The highest BCUT2D eigenvalue weighted by Gasteiger charge is 2.19. The number of methoxy groups -OCH3 is 2. The molecule has 1 aromatic carbocycles. The third-order valence-corrected chi connectivity index (χ3v) is 5.51. The van der Waals surface area contributed by atoms with Gasteiger partial charge >= 0.3 is 0 Å². The third kappa shape index (κ3) is 6.15. The number of anilines is 1. The number of thioether (sulfide) groups is 1. The molecule has 0 saturated carbocycles. The predicted molar refractivity (Wildman–Crippen MR) is 113 cm³/mol. The quantitative estimate of drug-likeness (QED) is 0.665. The second-order valence-electron chi connectivity index (χ2n) is 6.65. The van der Waals surface area contributed by atoms with Gasteiger partial charge in [-0.1, -0.05) is 5.16 Å². The SMILES string of the molecule is COc1cc(C)c(CN(C)C(=O)CS[C@@H](C)C(=O)Nc2cc(C)on2)cc1OC. The monoisotopic (exact) mass is 421 g/mol. The van der Waals surface area contributed by atoms with Crippen molar-refractivity contribution in [2.75, 3.05) is 32.3 Å². The summed E-state index contributed by atoms with van der Waals surface area (Å²) in [5, 5.41) is 5.99. The van der Waals surface area contributed by atoms with Crippen LogP contribution in [-0.2, 0) is 16.1 Å². The molecule has 0 aliphatic heterocycles. The molecule has 1 heterocycles. The van der Waals surface area contributed by atoms with E-state index < -0.39 is 5.25 Å². The van der Waals surface area contributed by atoms with Gasteiger partial charge in [-0.15, -0.1) is 11.8 Å². The number of aromatic nitrogens is 1. The molecule has 1 aromatic heterocycles. The van der Waals surface area contributed by atoms with Gasteiger partial charge in [0.1, 0.15) is 5.76 Å². The van der Waals surface area contributed by atoms with Crippen molar-refractivity contribution in [3.8, 4) is 11.5 Å². The summed E-state index contributed by atoms with van der Waals surface area (Å²) >= 11 is 1.27. The normalized spacial score (nSPS) is 11.7. The molecule has 0 bridgehead atoms. The van der Waals surface area contributed by atoms with Gasteiger partial charge < -0.3 is 24.2 Å². The number of aryl methyl sites for hydroxylation is 2. The van der Waals surface area contributed by atoms with Gasteiger partial charge in [0.15, 0.2) is 17.3 Å². The van der Waals surface area contributed by atoms with Crippen molar-refractivity contribution in [3.63, 3.8) is 0 Å². The van der Waals surface area contributed by atoms with Gasteiger partial charge in [-0.3, -0.25) is 9.59 Å². The van der Waals surface area contributed by atoms with Gasteiger partial charge in [0.05, 0.1) is 25.2 Å². The van der Waals surface area contributed by atoms with Crippen molar-refractivity contribution in [2.45, 2.75) is 32.6 Å². The fraction of sp³-hybridized carbons (Fsp3) is 0.450. The lowest BCUT2D eigenvalue weighted by molar-refractivity contribution is -0.127. The molecule has 0 unspecified atom stereocenters. The summed E-state index contributed by atoms with van der Waals surface area (Å²) in [6.45, 7) is 5.89. The van der Waals surface area contributed by atoms with Crippen molar-refractivity contribution in [2.24, 2.45) is 0 Å². The summed E-state index contributed by atoms with van der Waals surface area (Å²) in [4.78, 5) is 26.4. The highest BCUT2D eigenvalue weighted by Crippen LogP contribution is 2.30. The van der Waals surface area contributed by atoms with E-state index >= 15 is 0 Å². The van der Waals surface area contributed by atoms with E-state index in [9.17, 15) is 9.59 Å². The molecule has 0 aliphatic carbocycles. The van der Waals surface area contributed by atoms with Crippen molar-refractivity contribution in [3.05, 3.63) is 35.1 Å². The maximum atomic E-state index is 12.5. The molecule has 8 nitrogen and oxygen atoms in total. The van der Waals surface area contributed by atoms with Gasteiger partial charge in [0, 0.05) is 19.7 Å². The summed E-state index contributed by atoms with van der Waals surface area (Å²) in [5.74, 6) is 2.15. The van der Waals surface area contributed by atoms with Crippen LogP contribution in [0.5, 0.6) is 11.5 Å². The molecule has 1 atom stereocenters. The molecule has 9 heteroatoms. The maximum Gasteiger partial charge on any atom is 0.238 e. The number of hydrogen-bond donors (Lipinski definition) is 1. The Kier molecular flexibility index (Phi) is 7.95. The van der Waals surface area contributed by atoms with E-state index in [1.54, 1.807) is 46.1 Å². The molecule has 0 aliphatic rings. The number of nitrogens with zero attached hydrogens (tertiary/aromatic N) is 2. The molecule has 2 rings (SSSR count). The second-order valence-corrected chi connectivity index (χ2v) is 7.98. The lowest BCUT2D eigenvalue weighted by atomic mass is 10.1. The van der Waals surface area contributed by atoms with E-state index in [4.69, 9.17) is 14.0 Å². The summed E-state index contributed by atoms with van der Waals surface area (Å²) in [6, 6.07) is 5.40. The maximum absolute atomic E-state index is 12.5. The minimum Gasteiger partial charge on any atom is -0.493 e. The first-order valence-corrected chi connectivity index (χ1v) is 10.1. The average Bonchev–Trinajstić information content (AvgIpc) is 3.11. The van der Waals surface area contributed by atoms with Gasteiger partial charge in [-0.2, -0.15) is 0 Å². The van der Waals surface area contributed by atoms with Gasteiger partial charge in [-0.05, 0) is 44.0 Å². The largest absolute Gasteiger partial charge is 0.493 e. The zero-order valence-electron chi connectivity index (χ0n) is 17.6. The fourth-order valence-electron chi connectivity index (χ4n) is 2.57. The van der Waals surface area contributed by atoms with Crippen molar-refractivity contribution >= 4 is 29.4 Å². The number of amides is 2. The highest BCUT2D eigenvalue weighted by atomic mass is 32.2. The van der Waals surface area contributed by atoms with Crippen LogP contribution >= 0.6 is 11.8 Å². The fourth-order valence-corrected chi connectivity index (χ4v) is 3.40. The number of ether oxygens (including phenoxy) is 2.